The average Bonchev–Trinajstić information content (AvgIpc) is 2.34. The average molecular weight is 331 g/mol. The summed E-state index contributed by atoms with van der Waals surface area (Å²) in [5.74, 6) is 0. The van der Waals surface area contributed by atoms with Crippen molar-refractivity contribution >= 4 is 24.0 Å². The molecule has 0 radical (unpaired) electrons. The minimum absolute atomic E-state index is 0.114. The van der Waals surface area contributed by atoms with E-state index in [1.165, 1.54) is 12.1 Å². The molecular formula is C14H26N2O3SSi. The van der Waals surface area contributed by atoms with Crippen LogP contribution in [-0.2, 0) is 14.4 Å². The number of nitrogen functional groups attached to an aromatic ring is 1. The molecule has 0 fully saturated rings. The van der Waals surface area contributed by atoms with Crippen molar-refractivity contribution in [1.82, 2.24) is 4.72 Å². The molecule has 0 aliphatic carbocycles. The lowest BCUT2D eigenvalue weighted by Gasteiger charge is -2.36. The quantitative estimate of drug-likeness (QED) is 0.477. The zero-order valence-corrected chi connectivity index (χ0v) is 15.3. The van der Waals surface area contributed by atoms with Gasteiger partial charge in [-0.05, 0) is 42.4 Å². The molecule has 0 atom stereocenters. The normalized spacial score (nSPS) is 13.4. The van der Waals surface area contributed by atoms with Crippen LogP contribution in [0.3, 0.4) is 0 Å². The zero-order valence-electron chi connectivity index (χ0n) is 13.4. The number of rotatable bonds is 6. The summed E-state index contributed by atoms with van der Waals surface area (Å²) >= 11 is 0. The molecule has 0 unspecified atom stereocenters. The van der Waals surface area contributed by atoms with Crippen molar-refractivity contribution in [2.75, 3.05) is 18.9 Å². The molecule has 3 N–H and O–H groups in total. The van der Waals surface area contributed by atoms with Gasteiger partial charge in [0, 0.05) is 18.8 Å². The molecular weight excluding hydrogens is 304 g/mol. The number of hydrogen-bond acceptors (Lipinski definition) is 4. The Hall–Kier alpha value is -0.893. The number of nitrogens with one attached hydrogen (secondary N) is 1. The molecule has 0 aliphatic rings. The fraction of sp³-hybridized carbons (Fsp3) is 0.571. The van der Waals surface area contributed by atoms with E-state index in [4.69, 9.17) is 10.2 Å². The van der Waals surface area contributed by atoms with Crippen molar-refractivity contribution in [3.8, 4) is 0 Å². The number of hydrogen-bond donors (Lipinski definition) is 2. The van der Waals surface area contributed by atoms with Gasteiger partial charge in [-0.3, -0.25) is 0 Å². The molecule has 7 heteroatoms. The summed E-state index contributed by atoms with van der Waals surface area (Å²) in [6, 6.07) is 6.13. The number of nitrogens with two attached hydrogens (primary N) is 1. The summed E-state index contributed by atoms with van der Waals surface area (Å²) in [5.41, 5.74) is 6.09. The third kappa shape index (κ3) is 5.10. The molecule has 0 saturated heterocycles. The van der Waals surface area contributed by atoms with Crippen molar-refractivity contribution in [3.05, 3.63) is 24.3 Å². The molecule has 0 spiro atoms. The molecule has 1 rings (SSSR count). The van der Waals surface area contributed by atoms with Crippen molar-refractivity contribution < 1.29 is 12.8 Å². The number of anilines is 1. The predicted molar refractivity (Wildman–Crippen MR) is 89.2 cm³/mol. The van der Waals surface area contributed by atoms with Gasteiger partial charge >= 0.3 is 0 Å². The van der Waals surface area contributed by atoms with Crippen LogP contribution in [0.4, 0.5) is 5.69 Å². The Morgan fingerprint density at radius 2 is 1.71 bits per heavy atom. The van der Waals surface area contributed by atoms with Gasteiger partial charge in [-0.15, -0.1) is 0 Å². The summed E-state index contributed by atoms with van der Waals surface area (Å²) in [6.45, 7) is 11.4. The third-order valence-corrected chi connectivity index (χ3v) is 9.87. The standard InChI is InChI=1S/C14H26N2O3SSi/c1-14(2,3)21(4,5)19-11-10-16-20(17,18)13-8-6-12(15)7-9-13/h6-9,16H,10-11,15H2,1-5H3. The van der Waals surface area contributed by atoms with Crippen LogP contribution < -0.4 is 10.5 Å². The molecule has 120 valence electrons. The Labute approximate surface area is 129 Å². The van der Waals surface area contributed by atoms with Crippen LogP contribution in [0.2, 0.25) is 18.1 Å². The molecule has 5 nitrogen and oxygen atoms in total. The SMILES string of the molecule is CC(C)(C)[Si](C)(C)OCCNS(=O)(=O)c1ccc(N)cc1. The zero-order chi connectivity index (χ0) is 16.3. The van der Waals surface area contributed by atoms with Crippen LogP contribution in [0.5, 0.6) is 0 Å². The summed E-state index contributed by atoms with van der Waals surface area (Å²) in [5, 5.41) is 0.114. The largest absolute Gasteiger partial charge is 0.415 e. The van der Waals surface area contributed by atoms with Gasteiger partial charge in [-0.25, -0.2) is 13.1 Å². The van der Waals surface area contributed by atoms with Gasteiger partial charge in [-0.2, -0.15) is 0 Å². The molecule has 0 bridgehead atoms. The summed E-state index contributed by atoms with van der Waals surface area (Å²) in [4.78, 5) is 0.212. The lowest BCUT2D eigenvalue weighted by Crippen LogP contribution is -2.42. The highest BCUT2D eigenvalue weighted by molar-refractivity contribution is 7.89. The van der Waals surface area contributed by atoms with E-state index in [1.807, 2.05) is 0 Å². The van der Waals surface area contributed by atoms with E-state index in [0.717, 1.165) is 0 Å². The first kappa shape index (κ1) is 18.2. The molecule has 21 heavy (non-hydrogen) atoms. The molecule has 0 aromatic heterocycles. The van der Waals surface area contributed by atoms with Crippen LogP contribution in [0.25, 0.3) is 0 Å². The van der Waals surface area contributed by atoms with Crippen molar-refractivity contribution in [2.24, 2.45) is 0 Å². The maximum atomic E-state index is 12.1. The maximum Gasteiger partial charge on any atom is 0.240 e. The summed E-state index contributed by atoms with van der Waals surface area (Å²) in [7, 11) is -5.34. The molecule has 0 heterocycles. The van der Waals surface area contributed by atoms with Crippen LogP contribution >= 0.6 is 0 Å². The molecule has 0 saturated carbocycles. The molecule has 0 aliphatic heterocycles. The lowest BCUT2D eigenvalue weighted by atomic mass is 10.2. The molecule has 1 aromatic rings. The van der Waals surface area contributed by atoms with E-state index in [2.05, 4.69) is 38.6 Å². The summed E-state index contributed by atoms with van der Waals surface area (Å²) in [6.07, 6.45) is 0. The minimum Gasteiger partial charge on any atom is -0.415 e. The Balaban J connectivity index is 2.54. The Morgan fingerprint density at radius 3 is 2.19 bits per heavy atom. The van der Waals surface area contributed by atoms with E-state index in [9.17, 15) is 8.42 Å². The highest BCUT2D eigenvalue weighted by atomic mass is 32.2. The van der Waals surface area contributed by atoms with Gasteiger partial charge in [0.25, 0.3) is 0 Å². The Bertz CT molecular complexity index is 563. The van der Waals surface area contributed by atoms with Gasteiger partial charge < -0.3 is 10.2 Å². The maximum absolute atomic E-state index is 12.1. The molecule has 1 aromatic carbocycles. The predicted octanol–water partition coefficient (Wildman–Crippen LogP) is 2.57. The van der Waals surface area contributed by atoms with Crippen molar-refractivity contribution in [3.63, 3.8) is 0 Å². The number of sulfonamides is 1. The van der Waals surface area contributed by atoms with E-state index < -0.39 is 18.3 Å². The molecule has 0 amide bonds. The van der Waals surface area contributed by atoms with Crippen LogP contribution in [-0.4, -0.2) is 29.9 Å². The van der Waals surface area contributed by atoms with Gasteiger partial charge in [0.05, 0.1) is 4.90 Å². The third-order valence-electron chi connectivity index (χ3n) is 3.85. The van der Waals surface area contributed by atoms with E-state index in [0.29, 0.717) is 12.3 Å². The van der Waals surface area contributed by atoms with Crippen molar-refractivity contribution in [2.45, 2.75) is 43.8 Å². The van der Waals surface area contributed by atoms with E-state index in [1.54, 1.807) is 12.1 Å². The second-order valence-corrected chi connectivity index (χ2v) is 13.2. The van der Waals surface area contributed by atoms with Crippen LogP contribution in [0, 0.1) is 0 Å². The highest BCUT2D eigenvalue weighted by Gasteiger charge is 2.36. The smallest absolute Gasteiger partial charge is 0.240 e. The highest BCUT2D eigenvalue weighted by Crippen LogP contribution is 2.36. The monoisotopic (exact) mass is 330 g/mol. The van der Waals surface area contributed by atoms with Gasteiger partial charge in [0.2, 0.25) is 10.0 Å². The van der Waals surface area contributed by atoms with E-state index >= 15 is 0 Å². The second-order valence-electron chi connectivity index (χ2n) is 6.58. The van der Waals surface area contributed by atoms with Gasteiger partial charge in [-0.1, -0.05) is 20.8 Å². The van der Waals surface area contributed by atoms with Gasteiger partial charge in [0.1, 0.15) is 0 Å². The summed E-state index contributed by atoms with van der Waals surface area (Å²) < 4.78 is 32.6. The lowest BCUT2D eigenvalue weighted by molar-refractivity contribution is 0.293. The first-order valence-electron chi connectivity index (χ1n) is 6.95. The van der Waals surface area contributed by atoms with Crippen LogP contribution in [0.15, 0.2) is 29.2 Å². The number of benzene rings is 1. The second kappa shape index (κ2) is 6.47. The van der Waals surface area contributed by atoms with E-state index in [-0.39, 0.29) is 16.5 Å². The first-order chi connectivity index (χ1) is 9.46. The Kier molecular flexibility index (Phi) is 5.60. The topological polar surface area (TPSA) is 81.4 Å². The van der Waals surface area contributed by atoms with Crippen LogP contribution in [0.1, 0.15) is 20.8 Å². The fourth-order valence-electron chi connectivity index (χ4n) is 1.43. The van der Waals surface area contributed by atoms with Gasteiger partial charge in [0.15, 0.2) is 8.32 Å². The Morgan fingerprint density at radius 1 is 1.19 bits per heavy atom. The van der Waals surface area contributed by atoms with Crippen molar-refractivity contribution in [1.29, 1.82) is 0 Å². The fourth-order valence-corrected chi connectivity index (χ4v) is 3.49. The first-order valence-corrected chi connectivity index (χ1v) is 11.3. The minimum atomic E-state index is -3.50.